The summed E-state index contributed by atoms with van der Waals surface area (Å²) in [4.78, 5) is 20.0. The van der Waals surface area contributed by atoms with Gasteiger partial charge in [0.15, 0.2) is 0 Å². The van der Waals surface area contributed by atoms with Gasteiger partial charge in [-0.15, -0.1) is 11.3 Å². The molecule has 7 nitrogen and oxygen atoms in total. The molecule has 0 saturated carbocycles. The second-order valence-electron chi connectivity index (χ2n) is 9.58. The summed E-state index contributed by atoms with van der Waals surface area (Å²) in [6, 6.07) is 23.0. The van der Waals surface area contributed by atoms with Gasteiger partial charge in [0.2, 0.25) is 0 Å². The molecule has 39 heavy (non-hydrogen) atoms. The van der Waals surface area contributed by atoms with Crippen LogP contribution >= 0.6 is 11.3 Å². The molecule has 0 spiro atoms. The van der Waals surface area contributed by atoms with Crippen molar-refractivity contribution in [2.24, 2.45) is 0 Å². The smallest absolute Gasteiger partial charge is 0.135 e. The number of benzene rings is 1. The number of hydrogen-bond donors (Lipinski definition) is 3. The van der Waals surface area contributed by atoms with Crippen LogP contribution in [0.1, 0.15) is 16.0 Å². The summed E-state index contributed by atoms with van der Waals surface area (Å²) in [6.45, 7) is 3.65. The van der Waals surface area contributed by atoms with E-state index in [0.717, 1.165) is 68.8 Å². The lowest BCUT2D eigenvalue weighted by atomic mass is 10.1. The second kappa shape index (κ2) is 9.90. The average Bonchev–Trinajstić information content (AvgIpc) is 3.71. The van der Waals surface area contributed by atoms with Gasteiger partial charge in [0.1, 0.15) is 11.2 Å². The van der Waals surface area contributed by atoms with Crippen molar-refractivity contribution in [2.45, 2.75) is 20.0 Å². The van der Waals surface area contributed by atoms with Crippen molar-refractivity contribution in [2.75, 3.05) is 0 Å². The Hall–Kier alpha value is -4.66. The van der Waals surface area contributed by atoms with E-state index < -0.39 is 0 Å². The minimum absolute atomic E-state index is 0.726. The number of fused-ring (bicyclic) bond motifs is 2. The van der Waals surface area contributed by atoms with Crippen molar-refractivity contribution in [3.05, 3.63) is 108 Å². The molecule has 7 aromatic rings. The highest BCUT2D eigenvalue weighted by molar-refractivity contribution is 7.15. The van der Waals surface area contributed by atoms with Crippen molar-refractivity contribution in [1.82, 2.24) is 35.5 Å². The number of aryl methyl sites for hydroxylation is 1. The normalized spacial score (nSPS) is 11.5. The van der Waals surface area contributed by atoms with Gasteiger partial charge in [-0.1, -0.05) is 30.3 Å². The van der Waals surface area contributed by atoms with Crippen LogP contribution in [0, 0.1) is 6.92 Å². The van der Waals surface area contributed by atoms with Crippen LogP contribution in [-0.4, -0.2) is 30.1 Å². The van der Waals surface area contributed by atoms with Gasteiger partial charge in [0, 0.05) is 57.9 Å². The molecular formula is C31H25N7S. The van der Waals surface area contributed by atoms with E-state index in [1.807, 2.05) is 43.0 Å². The van der Waals surface area contributed by atoms with Crippen LogP contribution in [-0.2, 0) is 13.1 Å². The molecule has 0 fully saturated rings. The fourth-order valence-corrected chi connectivity index (χ4v) is 5.76. The molecule has 8 heteroatoms. The number of thiophene rings is 1. The maximum atomic E-state index is 5.02. The number of rotatable bonds is 7. The van der Waals surface area contributed by atoms with Crippen molar-refractivity contribution in [3.8, 4) is 33.1 Å². The molecule has 0 unspecified atom stereocenters. The summed E-state index contributed by atoms with van der Waals surface area (Å²) in [6.07, 6.45) is 7.55. The highest BCUT2D eigenvalue weighted by atomic mass is 32.1. The van der Waals surface area contributed by atoms with Gasteiger partial charge in [-0.05, 0) is 54.4 Å². The number of aromatic nitrogens is 6. The zero-order chi connectivity index (χ0) is 26.2. The Kier molecular flexibility index (Phi) is 5.96. The molecule has 7 rings (SSSR count). The molecule has 1 aromatic carbocycles. The van der Waals surface area contributed by atoms with Gasteiger partial charge >= 0.3 is 0 Å². The van der Waals surface area contributed by atoms with Gasteiger partial charge in [0.05, 0.1) is 28.6 Å². The molecule has 190 valence electrons. The Balaban J connectivity index is 1.20. The Bertz CT molecular complexity index is 1920. The molecule has 0 amide bonds. The zero-order valence-corrected chi connectivity index (χ0v) is 22.1. The van der Waals surface area contributed by atoms with Crippen molar-refractivity contribution in [1.29, 1.82) is 0 Å². The van der Waals surface area contributed by atoms with Crippen molar-refractivity contribution < 1.29 is 0 Å². The standard InChI is InChI=1S/C31H25N7S/c1-19-7-10-29(39-19)24-17-34-18-28-23(24)12-27(35-28)31-30-26(37-38-31)9-8-25(36-30)22-11-21(15-33-16-22)14-32-13-20-5-3-2-4-6-20/h2-12,15-18,32,35H,13-14H2,1H3,(H,37,38). The van der Waals surface area contributed by atoms with Crippen LogP contribution in [0.3, 0.4) is 0 Å². The van der Waals surface area contributed by atoms with Crippen LogP contribution in [0.25, 0.3) is 55.0 Å². The Morgan fingerprint density at radius 1 is 0.821 bits per heavy atom. The van der Waals surface area contributed by atoms with E-state index in [9.17, 15) is 0 Å². The molecule has 6 heterocycles. The third-order valence-corrected chi connectivity index (χ3v) is 7.84. The summed E-state index contributed by atoms with van der Waals surface area (Å²) in [7, 11) is 0. The predicted molar refractivity (Wildman–Crippen MR) is 157 cm³/mol. The summed E-state index contributed by atoms with van der Waals surface area (Å²) in [5, 5.41) is 12.4. The van der Waals surface area contributed by atoms with Gasteiger partial charge in [-0.3, -0.25) is 15.1 Å². The molecule has 0 saturated heterocycles. The molecule has 0 atom stereocenters. The number of H-pyrrole nitrogens is 2. The third kappa shape index (κ3) is 4.60. The van der Waals surface area contributed by atoms with Gasteiger partial charge in [-0.2, -0.15) is 5.10 Å². The first-order chi connectivity index (χ1) is 19.2. The van der Waals surface area contributed by atoms with Crippen LogP contribution in [0.5, 0.6) is 0 Å². The second-order valence-corrected chi connectivity index (χ2v) is 10.9. The van der Waals surface area contributed by atoms with Gasteiger partial charge in [0.25, 0.3) is 0 Å². The molecular weight excluding hydrogens is 502 g/mol. The Morgan fingerprint density at radius 3 is 2.56 bits per heavy atom. The third-order valence-electron chi connectivity index (χ3n) is 6.81. The van der Waals surface area contributed by atoms with Crippen LogP contribution in [0.15, 0.2) is 91.5 Å². The van der Waals surface area contributed by atoms with E-state index in [1.165, 1.54) is 15.3 Å². The maximum Gasteiger partial charge on any atom is 0.135 e. The summed E-state index contributed by atoms with van der Waals surface area (Å²) in [5.41, 5.74) is 9.66. The van der Waals surface area contributed by atoms with E-state index in [1.54, 1.807) is 11.3 Å². The number of hydrogen-bond acceptors (Lipinski definition) is 6. The minimum atomic E-state index is 0.726. The van der Waals surface area contributed by atoms with Gasteiger partial charge in [-0.25, -0.2) is 4.98 Å². The van der Waals surface area contributed by atoms with Crippen LogP contribution in [0.2, 0.25) is 0 Å². The van der Waals surface area contributed by atoms with Crippen LogP contribution < -0.4 is 5.32 Å². The fourth-order valence-electron chi connectivity index (χ4n) is 4.87. The topological polar surface area (TPSA) is 95.2 Å². The monoisotopic (exact) mass is 527 g/mol. The molecule has 0 aliphatic carbocycles. The van der Waals surface area contributed by atoms with E-state index in [2.05, 4.69) is 85.9 Å². The van der Waals surface area contributed by atoms with E-state index in [4.69, 9.17) is 4.98 Å². The highest BCUT2D eigenvalue weighted by Crippen LogP contribution is 2.36. The van der Waals surface area contributed by atoms with E-state index in [-0.39, 0.29) is 0 Å². The van der Waals surface area contributed by atoms with E-state index in [0.29, 0.717) is 0 Å². The molecule has 3 N–H and O–H groups in total. The maximum absolute atomic E-state index is 5.02. The summed E-state index contributed by atoms with van der Waals surface area (Å²) in [5.74, 6) is 0. The van der Waals surface area contributed by atoms with E-state index >= 15 is 0 Å². The first kappa shape index (κ1) is 23.5. The number of pyridine rings is 3. The highest BCUT2D eigenvalue weighted by Gasteiger charge is 2.16. The van der Waals surface area contributed by atoms with Gasteiger partial charge < -0.3 is 10.3 Å². The largest absolute Gasteiger partial charge is 0.352 e. The first-order valence-corrected chi connectivity index (χ1v) is 13.6. The Labute approximate surface area is 229 Å². The molecule has 0 radical (unpaired) electrons. The fraction of sp³-hybridized carbons (Fsp3) is 0.0968. The molecule has 6 aromatic heterocycles. The Morgan fingerprint density at radius 2 is 1.69 bits per heavy atom. The lowest BCUT2D eigenvalue weighted by molar-refractivity contribution is 0.691. The quantitative estimate of drug-likeness (QED) is 0.210. The van der Waals surface area contributed by atoms with Crippen LogP contribution in [0.4, 0.5) is 0 Å². The number of nitrogens with zero attached hydrogens (tertiary/aromatic N) is 4. The minimum Gasteiger partial charge on any atom is -0.352 e. The number of aromatic amines is 2. The zero-order valence-electron chi connectivity index (χ0n) is 21.3. The summed E-state index contributed by atoms with van der Waals surface area (Å²) < 4.78 is 0. The first-order valence-electron chi connectivity index (χ1n) is 12.8. The molecule has 0 bridgehead atoms. The predicted octanol–water partition coefficient (Wildman–Crippen LogP) is 6.89. The molecule has 0 aliphatic rings. The molecule has 0 aliphatic heterocycles. The van der Waals surface area contributed by atoms with Crippen molar-refractivity contribution >= 4 is 33.3 Å². The number of nitrogens with one attached hydrogen (secondary N) is 3. The average molecular weight is 528 g/mol. The lowest BCUT2D eigenvalue weighted by Gasteiger charge is -2.07. The SMILES string of the molecule is Cc1ccc(-c2cncc3[nH]c(-c4n[nH]c5ccc(-c6cncc(CNCc7ccccc7)c6)nc45)cc23)s1. The lowest BCUT2D eigenvalue weighted by Crippen LogP contribution is -2.12. The van der Waals surface area contributed by atoms with Crippen molar-refractivity contribution in [3.63, 3.8) is 0 Å². The summed E-state index contributed by atoms with van der Waals surface area (Å²) >= 11 is 1.77.